The molecule has 6 nitrogen and oxygen atoms in total. The van der Waals surface area contributed by atoms with Crippen LogP contribution in [0, 0.1) is 17.7 Å². The summed E-state index contributed by atoms with van der Waals surface area (Å²) in [4.78, 5) is 12.2. The average Bonchev–Trinajstić information content (AvgIpc) is 2.50. The number of sulfonamides is 1. The molecule has 1 aliphatic heterocycles. The fourth-order valence-corrected chi connectivity index (χ4v) is 3.52. The van der Waals surface area contributed by atoms with E-state index >= 15 is 0 Å². The molecule has 0 bridgehead atoms. The summed E-state index contributed by atoms with van der Waals surface area (Å²) in [5.74, 6) is -0.0618. The molecular weight excluding hydrogens is 333 g/mol. The quantitative estimate of drug-likeness (QED) is 0.728. The van der Waals surface area contributed by atoms with Gasteiger partial charge in [0.05, 0.1) is 11.9 Å². The predicted molar refractivity (Wildman–Crippen MR) is 92.9 cm³/mol. The average molecular weight is 357 g/mol. The number of amides is 1. The number of carbonyl (C=O) groups is 1. The van der Waals surface area contributed by atoms with E-state index in [0.29, 0.717) is 18.0 Å². The first-order valence-electron chi connectivity index (χ1n) is 8.02. The number of benzene rings is 1. The van der Waals surface area contributed by atoms with Crippen LogP contribution < -0.4 is 15.4 Å². The minimum absolute atomic E-state index is 0.155. The zero-order chi connectivity index (χ0) is 17.7. The highest BCUT2D eigenvalue weighted by Gasteiger charge is 2.22. The van der Waals surface area contributed by atoms with Crippen molar-refractivity contribution in [2.75, 3.05) is 29.4 Å². The summed E-state index contributed by atoms with van der Waals surface area (Å²) < 4.78 is 38.2. The molecule has 0 aromatic heterocycles. The summed E-state index contributed by atoms with van der Waals surface area (Å²) >= 11 is 0. The van der Waals surface area contributed by atoms with Gasteiger partial charge in [0.2, 0.25) is 15.9 Å². The lowest BCUT2D eigenvalue weighted by atomic mass is 9.84. The number of anilines is 2. The topological polar surface area (TPSA) is 87.3 Å². The molecule has 1 aromatic carbocycles. The SMILES string of the molecule is CC(CC(=O)Nc1ccc(F)c(NS(C)(=O)=O)c1)C1CCNCC1. The monoisotopic (exact) mass is 357 g/mol. The molecule has 0 aliphatic carbocycles. The van der Waals surface area contributed by atoms with E-state index in [9.17, 15) is 17.6 Å². The Labute approximate surface area is 142 Å². The molecule has 134 valence electrons. The van der Waals surface area contributed by atoms with Crippen LogP contribution in [0.1, 0.15) is 26.2 Å². The maximum absolute atomic E-state index is 13.6. The summed E-state index contributed by atoms with van der Waals surface area (Å²) in [6.45, 7) is 4.03. The van der Waals surface area contributed by atoms with Crippen LogP contribution in [-0.2, 0) is 14.8 Å². The minimum Gasteiger partial charge on any atom is -0.326 e. The molecule has 1 heterocycles. The molecule has 1 atom stereocenters. The maximum atomic E-state index is 13.6. The van der Waals surface area contributed by atoms with Crippen LogP contribution in [0.3, 0.4) is 0 Å². The third kappa shape index (κ3) is 5.76. The summed E-state index contributed by atoms with van der Waals surface area (Å²) in [6.07, 6.45) is 3.45. The molecule has 3 N–H and O–H groups in total. The first-order chi connectivity index (χ1) is 11.2. The summed E-state index contributed by atoms with van der Waals surface area (Å²) in [5, 5.41) is 6.01. The lowest BCUT2D eigenvalue weighted by Gasteiger charge is -2.27. The Kier molecular flexibility index (Phi) is 6.17. The summed E-state index contributed by atoms with van der Waals surface area (Å²) in [5.41, 5.74) is 0.187. The Bertz CT molecular complexity index is 688. The van der Waals surface area contributed by atoms with Crippen molar-refractivity contribution in [3.8, 4) is 0 Å². The first kappa shape index (κ1) is 18.7. The molecule has 1 fully saturated rings. The standard InChI is InChI=1S/C16H24FN3O3S/c1-11(12-5-7-18-8-6-12)9-16(21)19-13-3-4-14(17)15(10-13)20-24(2,22)23/h3-4,10-12,18,20H,5-9H2,1-2H3,(H,19,21). The second-order valence-corrected chi connectivity index (χ2v) is 8.13. The van der Waals surface area contributed by atoms with Gasteiger partial charge in [-0.2, -0.15) is 0 Å². The lowest BCUT2D eigenvalue weighted by molar-refractivity contribution is -0.117. The minimum atomic E-state index is -3.59. The zero-order valence-electron chi connectivity index (χ0n) is 13.9. The van der Waals surface area contributed by atoms with Crippen molar-refractivity contribution >= 4 is 27.3 Å². The Balaban J connectivity index is 1.97. The fourth-order valence-electron chi connectivity index (χ4n) is 2.97. The van der Waals surface area contributed by atoms with E-state index in [4.69, 9.17) is 0 Å². The van der Waals surface area contributed by atoms with Gasteiger partial charge in [-0.3, -0.25) is 9.52 Å². The predicted octanol–water partition coefficient (Wildman–Crippen LogP) is 2.16. The van der Waals surface area contributed by atoms with Crippen LogP contribution in [0.5, 0.6) is 0 Å². The van der Waals surface area contributed by atoms with E-state index in [0.717, 1.165) is 38.3 Å². The Morgan fingerprint density at radius 3 is 2.67 bits per heavy atom. The van der Waals surface area contributed by atoms with Gasteiger partial charge in [-0.25, -0.2) is 12.8 Å². The van der Waals surface area contributed by atoms with Crippen molar-refractivity contribution < 1.29 is 17.6 Å². The van der Waals surface area contributed by atoms with Gasteiger partial charge in [-0.05, 0) is 56.0 Å². The molecule has 2 rings (SSSR count). The molecule has 1 amide bonds. The normalized spacial score (nSPS) is 17.3. The van der Waals surface area contributed by atoms with Gasteiger partial charge in [-0.15, -0.1) is 0 Å². The van der Waals surface area contributed by atoms with Crippen LogP contribution in [-0.4, -0.2) is 33.7 Å². The Hall–Kier alpha value is -1.67. The van der Waals surface area contributed by atoms with E-state index in [-0.39, 0.29) is 17.5 Å². The molecule has 0 radical (unpaired) electrons. The lowest BCUT2D eigenvalue weighted by Crippen LogP contribution is -2.32. The van der Waals surface area contributed by atoms with E-state index < -0.39 is 15.8 Å². The Morgan fingerprint density at radius 2 is 2.04 bits per heavy atom. The van der Waals surface area contributed by atoms with Gasteiger partial charge in [0.15, 0.2) is 0 Å². The van der Waals surface area contributed by atoms with Crippen LogP contribution in [0.15, 0.2) is 18.2 Å². The van der Waals surface area contributed by atoms with Crippen LogP contribution in [0.4, 0.5) is 15.8 Å². The molecular formula is C16H24FN3O3S. The third-order valence-corrected chi connectivity index (χ3v) is 4.83. The van der Waals surface area contributed by atoms with E-state index in [1.165, 1.54) is 12.1 Å². The van der Waals surface area contributed by atoms with Gasteiger partial charge < -0.3 is 10.6 Å². The molecule has 24 heavy (non-hydrogen) atoms. The largest absolute Gasteiger partial charge is 0.326 e. The van der Waals surface area contributed by atoms with Crippen molar-refractivity contribution in [1.82, 2.24) is 5.32 Å². The van der Waals surface area contributed by atoms with Crippen molar-refractivity contribution in [3.05, 3.63) is 24.0 Å². The van der Waals surface area contributed by atoms with Crippen molar-refractivity contribution in [1.29, 1.82) is 0 Å². The summed E-state index contributed by atoms with van der Waals surface area (Å²) in [6, 6.07) is 3.82. The first-order valence-corrected chi connectivity index (χ1v) is 9.91. The van der Waals surface area contributed by atoms with Gasteiger partial charge in [-0.1, -0.05) is 6.92 Å². The van der Waals surface area contributed by atoms with E-state index in [2.05, 4.69) is 22.3 Å². The smallest absolute Gasteiger partial charge is 0.229 e. The number of hydrogen-bond acceptors (Lipinski definition) is 4. The van der Waals surface area contributed by atoms with E-state index in [1.54, 1.807) is 0 Å². The number of halogens is 1. The van der Waals surface area contributed by atoms with Crippen molar-refractivity contribution in [2.24, 2.45) is 11.8 Å². The van der Waals surface area contributed by atoms with Crippen molar-refractivity contribution in [2.45, 2.75) is 26.2 Å². The molecule has 1 aliphatic rings. The van der Waals surface area contributed by atoms with Crippen molar-refractivity contribution in [3.63, 3.8) is 0 Å². The number of hydrogen-bond donors (Lipinski definition) is 3. The summed E-state index contributed by atoms with van der Waals surface area (Å²) in [7, 11) is -3.59. The second kappa shape index (κ2) is 7.94. The molecule has 1 saturated heterocycles. The molecule has 0 spiro atoms. The van der Waals surface area contributed by atoms with Crippen LogP contribution in [0.25, 0.3) is 0 Å². The van der Waals surface area contributed by atoms with Crippen LogP contribution in [0.2, 0.25) is 0 Å². The number of nitrogens with one attached hydrogen (secondary N) is 3. The molecule has 8 heteroatoms. The van der Waals surface area contributed by atoms with Crippen LogP contribution >= 0.6 is 0 Å². The third-order valence-electron chi connectivity index (χ3n) is 4.24. The molecule has 0 saturated carbocycles. The second-order valence-electron chi connectivity index (χ2n) is 6.39. The van der Waals surface area contributed by atoms with Gasteiger partial charge in [0.1, 0.15) is 5.82 Å². The highest BCUT2D eigenvalue weighted by molar-refractivity contribution is 7.92. The highest BCUT2D eigenvalue weighted by atomic mass is 32.2. The van der Waals surface area contributed by atoms with Gasteiger partial charge in [0.25, 0.3) is 0 Å². The fraction of sp³-hybridized carbons (Fsp3) is 0.562. The van der Waals surface area contributed by atoms with Gasteiger partial charge in [0, 0.05) is 12.1 Å². The number of rotatable bonds is 6. The van der Waals surface area contributed by atoms with E-state index in [1.807, 2.05) is 0 Å². The molecule has 1 unspecified atom stereocenters. The molecule has 1 aromatic rings. The number of carbonyl (C=O) groups excluding carboxylic acids is 1. The van der Waals surface area contributed by atoms with Gasteiger partial charge >= 0.3 is 0 Å². The Morgan fingerprint density at radius 1 is 1.38 bits per heavy atom. The zero-order valence-corrected chi connectivity index (χ0v) is 14.7. The highest BCUT2D eigenvalue weighted by Crippen LogP contribution is 2.25. The maximum Gasteiger partial charge on any atom is 0.229 e. The number of piperidine rings is 1.